The molecule has 3 atom stereocenters. The molecule has 3 amide bonds. The lowest BCUT2D eigenvalue weighted by atomic mass is 10.0. The van der Waals surface area contributed by atoms with Gasteiger partial charge in [0.15, 0.2) is 0 Å². The first-order chi connectivity index (χ1) is 12.2. The first kappa shape index (κ1) is 20.4. The molecule has 6 nitrogen and oxygen atoms in total. The number of thioether (sulfide) groups is 1. The Bertz CT molecular complexity index is 422. The lowest BCUT2D eigenvalue weighted by molar-refractivity contribution is -0.121. The highest BCUT2D eigenvalue weighted by molar-refractivity contribution is 8.00. The molecule has 144 valence electrons. The molecule has 3 unspecified atom stereocenters. The minimum absolute atomic E-state index is 0.0287. The quantitative estimate of drug-likeness (QED) is 0.295. The minimum Gasteiger partial charge on any atom is -0.356 e. The molecule has 2 fully saturated rings. The van der Waals surface area contributed by atoms with Crippen molar-refractivity contribution in [2.45, 2.75) is 81.5 Å². The minimum atomic E-state index is -0.0287. The number of fused-ring (bicyclic) bond motifs is 1. The van der Waals surface area contributed by atoms with Crippen molar-refractivity contribution in [3.05, 3.63) is 0 Å². The van der Waals surface area contributed by atoms with Gasteiger partial charge in [0.25, 0.3) is 0 Å². The second kappa shape index (κ2) is 11.6. The van der Waals surface area contributed by atoms with Crippen LogP contribution in [0.5, 0.6) is 0 Å². The van der Waals surface area contributed by atoms with Gasteiger partial charge in [-0.3, -0.25) is 4.79 Å². The Kier molecular flexibility index (Phi) is 9.47. The van der Waals surface area contributed by atoms with Crippen molar-refractivity contribution >= 4 is 23.7 Å². The number of carbonyl (C=O) groups is 2. The van der Waals surface area contributed by atoms with Crippen LogP contribution < -0.4 is 21.7 Å². The van der Waals surface area contributed by atoms with Gasteiger partial charge in [0, 0.05) is 24.0 Å². The van der Waals surface area contributed by atoms with Crippen LogP contribution in [0.15, 0.2) is 0 Å². The average molecular weight is 371 g/mol. The summed E-state index contributed by atoms with van der Waals surface area (Å²) in [5.74, 6) is 1.18. The second-order valence-corrected chi connectivity index (χ2v) is 8.40. The largest absolute Gasteiger partial charge is 0.356 e. The molecular formula is C18H34N4O2S. The van der Waals surface area contributed by atoms with Crippen molar-refractivity contribution in [1.82, 2.24) is 16.0 Å². The third kappa shape index (κ3) is 7.44. The Morgan fingerprint density at radius 1 is 1.08 bits per heavy atom. The molecule has 0 spiro atoms. The summed E-state index contributed by atoms with van der Waals surface area (Å²) in [6.45, 7) is 1.60. The predicted molar refractivity (Wildman–Crippen MR) is 104 cm³/mol. The van der Waals surface area contributed by atoms with Crippen LogP contribution in [-0.2, 0) is 4.79 Å². The number of hydrogen-bond acceptors (Lipinski definition) is 4. The fourth-order valence-electron chi connectivity index (χ4n) is 3.57. The first-order valence-corrected chi connectivity index (χ1v) is 10.9. The molecule has 2 saturated heterocycles. The molecule has 0 bridgehead atoms. The molecule has 7 heteroatoms. The number of rotatable bonds is 13. The second-order valence-electron chi connectivity index (χ2n) is 7.13. The van der Waals surface area contributed by atoms with Crippen molar-refractivity contribution < 1.29 is 9.59 Å². The summed E-state index contributed by atoms with van der Waals surface area (Å²) in [6.07, 6.45) is 10.8. The van der Waals surface area contributed by atoms with Gasteiger partial charge in [-0.05, 0) is 32.2 Å². The van der Waals surface area contributed by atoms with E-state index in [2.05, 4.69) is 16.0 Å². The van der Waals surface area contributed by atoms with E-state index in [1.54, 1.807) is 0 Å². The van der Waals surface area contributed by atoms with Crippen LogP contribution in [-0.4, -0.2) is 48.1 Å². The molecule has 0 saturated carbocycles. The van der Waals surface area contributed by atoms with Crippen LogP contribution in [0.4, 0.5) is 4.79 Å². The lowest BCUT2D eigenvalue weighted by Crippen LogP contribution is -2.36. The van der Waals surface area contributed by atoms with Crippen LogP contribution in [0, 0.1) is 0 Å². The molecule has 25 heavy (non-hydrogen) atoms. The molecular weight excluding hydrogens is 336 g/mol. The van der Waals surface area contributed by atoms with Gasteiger partial charge in [-0.2, -0.15) is 11.8 Å². The summed E-state index contributed by atoms with van der Waals surface area (Å²) >= 11 is 1.94. The normalized spacial score (nSPS) is 24.7. The number of nitrogens with two attached hydrogens (primary N) is 1. The molecule has 2 aliphatic heterocycles. The van der Waals surface area contributed by atoms with E-state index in [4.69, 9.17) is 5.73 Å². The van der Waals surface area contributed by atoms with Gasteiger partial charge in [-0.1, -0.05) is 32.1 Å². The van der Waals surface area contributed by atoms with Crippen LogP contribution in [0.3, 0.4) is 0 Å². The van der Waals surface area contributed by atoms with E-state index in [1.165, 1.54) is 25.7 Å². The van der Waals surface area contributed by atoms with E-state index < -0.39 is 0 Å². The Labute approximate surface area is 155 Å². The van der Waals surface area contributed by atoms with Gasteiger partial charge in [0.05, 0.1) is 12.1 Å². The van der Waals surface area contributed by atoms with Crippen molar-refractivity contribution in [2.24, 2.45) is 5.73 Å². The molecule has 5 N–H and O–H groups in total. The zero-order chi connectivity index (χ0) is 17.9. The summed E-state index contributed by atoms with van der Waals surface area (Å²) in [4.78, 5) is 23.2. The van der Waals surface area contributed by atoms with E-state index in [-0.39, 0.29) is 18.0 Å². The summed E-state index contributed by atoms with van der Waals surface area (Å²) in [7, 11) is 0. The molecule has 2 heterocycles. The SMILES string of the molecule is NCCCCCCCCNC(=O)CCCCC1SCC2NC(=O)NC21. The number of hydrogen-bond donors (Lipinski definition) is 4. The Balaban J connectivity index is 1.41. The van der Waals surface area contributed by atoms with E-state index in [0.29, 0.717) is 17.7 Å². The van der Waals surface area contributed by atoms with Gasteiger partial charge < -0.3 is 21.7 Å². The Morgan fingerprint density at radius 2 is 1.84 bits per heavy atom. The lowest BCUT2D eigenvalue weighted by Gasteiger charge is -2.16. The molecule has 2 aliphatic rings. The van der Waals surface area contributed by atoms with Gasteiger partial charge in [-0.25, -0.2) is 4.79 Å². The van der Waals surface area contributed by atoms with Crippen LogP contribution >= 0.6 is 11.8 Å². The summed E-state index contributed by atoms with van der Waals surface area (Å²) in [5.41, 5.74) is 5.47. The van der Waals surface area contributed by atoms with Crippen molar-refractivity contribution in [1.29, 1.82) is 0 Å². The van der Waals surface area contributed by atoms with Crippen molar-refractivity contribution in [3.63, 3.8) is 0 Å². The molecule has 0 radical (unpaired) electrons. The summed E-state index contributed by atoms with van der Waals surface area (Å²) in [6, 6.07) is 0.538. The van der Waals surface area contributed by atoms with Gasteiger partial charge >= 0.3 is 6.03 Å². The maximum atomic E-state index is 11.8. The van der Waals surface area contributed by atoms with E-state index in [1.807, 2.05) is 11.8 Å². The van der Waals surface area contributed by atoms with E-state index in [0.717, 1.165) is 50.9 Å². The zero-order valence-electron chi connectivity index (χ0n) is 15.2. The van der Waals surface area contributed by atoms with Gasteiger partial charge in [0.2, 0.25) is 5.91 Å². The Hall–Kier alpha value is -0.950. The number of urea groups is 1. The van der Waals surface area contributed by atoms with Gasteiger partial charge in [-0.15, -0.1) is 0 Å². The monoisotopic (exact) mass is 370 g/mol. The number of amides is 3. The molecule has 2 rings (SSSR count). The topological polar surface area (TPSA) is 96.2 Å². The third-order valence-electron chi connectivity index (χ3n) is 5.03. The van der Waals surface area contributed by atoms with Crippen LogP contribution in [0.2, 0.25) is 0 Å². The maximum absolute atomic E-state index is 11.8. The highest BCUT2D eigenvalue weighted by atomic mass is 32.2. The third-order valence-corrected chi connectivity index (χ3v) is 6.54. The Morgan fingerprint density at radius 3 is 2.64 bits per heavy atom. The molecule has 0 aromatic carbocycles. The zero-order valence-corrected chi connectivity index (χ0v) is 16.0. The highest BCUT2D eigenvalue weighted by Crippen LogP contribution is 2.33. The van der Waals surface area contributed by atoms with Crippen molar-refractivity contribution in [3.8, 4) is 0 Å². The molecule has 0 aromatic rings. The van der Waals surface area contributed by atoms with Crippen LogP contribution in [0.25, 0.3) is 0 Å². The van der Waals surface area contributed by atoms with E-state index in [9.17, 15) is 9.59 Å². The summed E-state index contributed by atoms with van der Waals surface area (Å²) < 4.78 is 0. The van der Waals surface area contributed by atoms with E-state index >= 15 is 0 Å². The van der Waals surface area contributed by atoms with Gasteiger partial charge in [0.1, 0.15) is 0 Å². The fraction of sp³-hybridized carbons (Fsp3) is 0.889. The number of nitrogens with one attached hydrogen (secondary N) is 3. The first-order valence-electron chi connectivity index (χ1n) is 9.86. The number of unbranched alkanes of at least 4 members (excludes halogenated alkanes) is 6. The molecule has 0 aliphatic carbocycles. The average Bonchev–Trinajstić information content (AvgIpc) is 3.13. The standard InChI is InChI=1S/C18H34N4O2S/c19-11-7-3-1-2-4-8-12-20-16(23)10-6-5-9-15-17-14(13-25-15)21-18(24)22-17/h14-15,17H,1-13,19H2,(H,20,23)(H2,21,22,24). The maximum Gasteiger partial charge on any atom is 0.315 e. The summed E-state index contributed by atoms with van der Waals surface area (Å²) in [5, 5.41) is 9.49. The molecule has 0 aromatic heterocycles. The predicted octanol–water partition coefficient (Wildman–Crippen LogP) is 2.13. The van der Waals surface area contributed by atoms with Crippen molar-refractivity contribution in [2.75, 3.05) is 18.8 Å². The fourth-order valence-corrected chi connectivity index (χ4v) is 5.11. The highest BCUT2D eigenvalue weighted by Gasteiger charge is 2.42. The number of carbonyl (C=O) groups excluding carboxylic acids is 2. The smallest absolute Gasteiger partial charge is 0.315 e. The van der Waals surface area contributed by atoms with Crippen LogP contribution in [0.1, 0.15) is 64.2 Å².